The smallest absolute Gasteiger partial charge is 0.319 e. The molecule has 0 radical (unpaired) electrons. The molecule has 0 saturated carbocycles. The van der Waals surface area contributed by atoms with E-state index in [4.69, 9.17) is 23.2 Å². The summed E-state index contributed by atoms with van der Waals surface area (Å²) in [6.07, 6.45) is -0.180. The molecule has 0 bridgehead atoms. The summed E-state index contributed by atoms with van der Waals surface area (Å²) in [7, 11) is 0. The predicted molar refractivity (Wildman–Crippen MR) is 140 cm³/mol. The third-order valence-electron chi connectivity index (χ3n) is 6.11. The molecule has 0 aromatic heterocycles. The van der Waals surface area contributed by atoms with Crippen LogP contribution < -0.4 is 21.3 Å². The van der Waals surface area contributed by atoms with Crippen molar-refractivity contribution in [2.24, 2.45) is 17.8 Å². The van der Waals surface area contributed by atoms with Crippen LogP contribution in [-0.4, -0.2) is 35.6 Å². The zero-order valence-corrected chi connectivity index (χ0v) is 22.0. The molecular weight excluding hydrogens is 519 g/mol. The fourth-order valence-corrected chi connectivity index (χ4v) is 4.38. The molecule has 1 fully saturated rings. The van der Waals surface area contributed by atoms with Crippen LogP contribution in [0.15, 0.2) is 48.5 Å². The number of anilines is 1. The first-order valence-corrected chi connectivity index (χ1v) is 12.5. The number of imide groups is 1. The van der Waals surface area contributed by atoms with Crippen LogP contribution in [0.1, 0.15) is 38.8 Å². The SMILES string of the molecule is CC(C)[C@H](NC(=O)CC(NC(=O)Nc1ccc(Cl)c(Cl)c1)c1ccccc1)C(=O)C1C(=O)NC(=O)[C@H]1C. The van der Waals surface area contributed by atoms with Gasteiger partial charge >= 0.3 is 6.03 Å². The van der Waals surface area contributed by atoms with Crippen molar-refractivity contribution in [3.8, 4) is 0 Å². The number of carbonyl (C=O) groups is 5. The second-order valence-corrected chi connectivity index (χ2v) is 10.0. The average Bonchev–Trinajstić information content (AvgIpc) is 3.10. The van der Waals surface area contributed by atoms with E-state index in [1.165, 1.54) is 13.0 Å². The molecular formula is C26H28Cl2N4O5. The maximum absolute atomic E-state index is 13.1. The van der Waals surface area contributed by atoms with E-state index >= 15 is 0 Å². The summed E-state index contributed by atoms with van der Waals surface area (Å²) in [5, 5.41) is 10.9. The topological polar surface area (TPSA) is 133 Å². The molecule has 5 amide bonds. The third kappa shape index (κ3) is 7.08. The monoisotopic (exact) mass is 546 g/mol. The molecule has 1 aliphatic heterocycles. The second-order valence-electron chi connectivity index (χ2n) is 9.21. The fraction of sp³-hybridized carbons (Fsp3) is 0.346. The summed E-state index contributed by atoms with van der Waals surface area (Å²) < 4.78 is 0. The molecule has 1 aliphatic rings. The maximum Gasteiger partial charge on any atom is 0.319 e. The van der Waals surface area contributed by atoms with Crippen molar-refractivity contribution in [2.75, 3.05) is 5.32 Å². The Balaban J connectivity index is 1.73. The second kappa shape index (κ2) is 12.2. The first-order chi connectivity index (χ1) is 17.5. The number of halogens is 2. The predicted octanol–water partition coefficient (Wildman–Crippen LogP) is 3.86. The Morgan fingerprint density at radius 1 is 0.946 bits per heavy atom. The summed E-state index contributed by atoms with van der Waals surface area (Å²) in [5.41, 5.74) is 1.08. The Labute approximate surface area is 224 Å². The van der Waals surface area contributed by atoms with Gasteiger partial charge in [0.1, 0.15) is 5.92 Å². The van der Waals surface area contributed by atoms with Crippen LogP contribution in [0.2, 0.25) is 10.0 Å². The molecule has 4 N–H and O–H groups in total. The van der Waals surface area contributed by atoms with E-state index in [2.05, 4.69) is 21.3 Å². The summed E-state index contributed by atoms with van der Waals surface area (Å²) >= 11 is 11.9. The van der Waals surface area contributed by atoms with Crippen molar-refractivity contribution in [1.29, 1.82) is 0 Å². The summed E-state index contributed by atoms with van der Waals surface area (Å²) in [6, 6.07) is 11.2. The van der Waals surface area contributed by atoms with Crippen LogP contribution in [0.4, 0.5) is 10.5 Å². The zero-order chi connectivity index (χ0) is 27.3. The third-order valence-corrected chi connectivity index (χ3v) is 6.85. The molecule has 37 heavy (non-hydrogen) atoms. The minimum Gasteiger partial charge on any atom is -0.346 e. The van der Waals surface area contributed by atoms with Crippen LogP contribution in [0.5, 0.6) is 0 Å². The van der Waals surface area contributed by atoms with Crippen molar-refractivity contribution < 1.29 is 24.0 Å². The van der Waals surface area contributed by atoms with Crippen molar-refractivity contribution in [3.63, 3.8) is 0 Å². The van der Waals surface area contributed by atoms with Gasteiger partial charge in [-0.1, -0.05) is 74.3 Å². The van der Waals surface area contributed by atoms with Gasteiger partial charge in [0, 0.05) is 5.69 Å². The highest BCUT2D eigenvalue weighted by Crippen LogP contribution is 2.26. The highest BCUT2D eigenvalue weighted by atomic mass is 35.5. The Bertz CT molecular complexity index is 1200. The van der Waals surface area contributed by atoms with Crippen LogP contribution in [-0.2, 0) is 19.2 Å². The fourth-order valence-electron chi connectivity index (χ4n) is 4.08. The lowest BCUT2D eigenvalue weighted by Gasteiger charge is -2.26. The number of benzene rings is 2. The Morgan fingerprint density at radius 2 is 1.62 bits per heavy atom. The van der Waals surface area contributed by atoms with Crippen molar-refractivity contribution in [2.45, 2.75) is 39.3 Å². The highest BCUT2D eigenvalue weighted by Gasteiger charge is 2.46. The van der Waals surface area contributed by atoms with Gasteiger partial charge in [-0.2, -0.15) is 0 Å². The number of hydrogen-bond donors (Lipinski definition) is 4. The van der Waals surface area contributed by atoms with E-state index in [1.807, 2.05) is 0 Å². The van der Waals surface area contributed by atoms with Gasteiger partial charge in [0.05, 0.1) is 34.5 Å². The number of amides is 5. The van der Waals surface area contributed by atoms with E-state index in [-0.39, 0.29) is 17.4 Å². The molecule has 3 rings (SSSR count). The van der Waals surface area contributed by atoms with Gasteiger partial charge in [0.15, 0.2) is 5.78 Å². The molecule has 2 unspecified atom stereocenters. The number of hydrogen-bond acceptors (Lipinski definition) is 5. The first-order valence-electron chi connectivity index (χ1n) is 11.7. The summed E-state index contributed by atoms with van der Waals surface area (Å²) in [5.74, 6) is -4.53. The van der Waals surface area contributed by atoms with Gasteiger partial charge in [-0.25, -0.2) is 4.79 Å². The minimum atomic E-state index is -1.17. The number of urea groups is 1. The lowest BCUT2D eigenvalue weighted by atomic mass is 9.85. The minimum absolute atomic E-state index is 0.180. The standard InChI is InChI=1S/C26H28Cl2N4O5/c1-13(2)22(23(34)21-14(3)24(35)32-25(21)36)31-20(33)12-19(15-7-5-4-6-8-15)30-26(37)29-16-9-10-17(27)18(28)11-16/h4-11,13-14,19,21-22H,12H2,1-3H3,(H,31,33)(H2,29,30,37)(H,32,35,36)/t14-,19?,21?,22-/m0/s1. The number of rotatable bonds is 9. The molecule has 1 heterocycles. The van der Waals surface area contributed by atoms with E-state index < -0.39 is 53.5 Å². The van der Waals surface area contributed by atoms with Crippen LogP contribution in [0, 0.1) is 17.8 Å². The quantitative estimate of drug-likeness (QED) is 0.280. The summed E-state index contributed by atoms with van der Waals surface area (Å²) in [4.78, 5) is 63.0. The zero-order valence-electron chi connectivity index (χ0n) is 20.5. The van der Waals surface area contributed by atoms with Crippen LogP contribution in [0.3, 0.4) is 0 Å². The van der Waals surface area contributed by atoms with Crippen LogP contribution >= 0.6 is 23.2 Å². The molecule has 2 aromatic rings. The maximum atomic E-state index is 13.1. The molecule has 0 spiro atoms. The number of nitrogens with one attached hydrogen (secondary N) is 4. The normalized spacial score (nSPS) is 18.6. The van der Waals surface area contributed by atoms with Gasteiger partial charge in [-0.05, 0) is 29.7 Å². The van der Waals surface area contributed by atoms with Gasteiger partial charge in [0.25, 0.3) is 0 Å². The Hall–Kier alpha value is -3.43. The summed E-state index contributed by atoms with van der Waals surface area (Å²) in [6.45, 7) is 4.98. The Kier molecular flexibility index (Phi) is 9.29. The van der Waals surface area contributed by atoms with E-state index in [0.29, 0.717) is 16.3 Å². The molecule has 0 aliphatic carbocycles. The molecule has 11 heteroatoms. The van der Waals surface area contributed by atoms with Crippen molar-refractivity contribution >= 4 is 58.4 Å². The lowest BCUT2D eigenvalue weighted by molar-refractivity contribution is -0.137. The first kappa shape index (κ1) is 28.1. The van der Waals surface area contributed by atoms with E-state index in [1.54, 1.807) is 56.3 Å². The molecule has 9 nitrogen and oxygen atoms in total. The molecule has 4 atom stereocenters. The van der Waals surface area contributed by atoms with Gasteiger partial charge in [-0.15, -0.1) is 0 Å². The van der Waals surface area contributed by atoms with Gasteiger partial charge in [0.2, 0.25) is 17.7 Å². The van der Waals surface area contributed by atoms with Crippen molar-refractivity contribution in [1.82, 2.24) is 16.0 Å². The number of carbonyl (C=O) groups excluding carboxylic acids is 5. The van der Waals surface area contributed by atoms with Gasteiger partial charge in [-0.3, -0.25) is 24.5 Å². The largest absolute Gasteiger partial charge is 0.346 e. The molecule has 1 saturated heterocycles. The molecule has 2 aromatic carbocycles. The number of ketones is 1. The average molecular weight is 547 g/mol. The van der Waals surface area contributed by atoms with E-state index in [0.717, 1.165) is 0 Å². The van der Waals surface area contributed by atoms with Crippen molar-refractivity contribution in [3.05, 3.63) is 64.1 Å². The lowest BCUT2D eigenvalue weighted by Crippen LogP contribution is -2.49. The molecule has 196 valence electrons. The van der Waals surface area contributed by atoms with Crippen LogP contribution in [0.25, 0.3) is 0 Å². The highest BCUT2D eigenvalue weighted by molar-refractivity contribution is 6.42. The van der Waals surface area contributed by atoms with E-state index in [9.17, 15) is 24.0 Å². The van der Waals surface area contributed by atoms with Gasteiger partial charge < -0.3 is 16.0 Å². The number of Topliss-reactive ketones (excluding diaryl/α,β-unsaturated/α-hetero) is 1. The Morgan fingerprint density at radius 3 is 2.19 bits per heavy atom.